The number of carbonyl (C=O) groups is 2. The van der Waals surface area contributed by atoms with Gasteiger partial charge in [0.1, 0.15) is 0 Å². The maximum atomic E-state index is 12.9. The van der Waals surface area contributed by atoms with Crippen LogP contribution in [-0.4, -0.2) is 52.7 Å². The van der Waals surface area contributed by atoms with E-state index in [0.29, 0.717) is 12.2 Å². The number of benzene rings is 1. The molecule has 1 fully saturated rings. The van der Waals surface area contributed by atoms with Gasteiger partial charge in [-0.3, -0.25) is 9.78 Å². The number of nitrogens with zero attached hydrogens (tertiary/aromatic N) is 2. The number of ether oxygens (including phenoxy) is 1. The van der Waals surface area contributed by atoms with Gasteiger partial charge in [-0.15, -0.1) is 0 Å². The Morgan fingerprint density at radius 2 is 2.08 bits per heavy atom. The van der Waals surface area contributed by atoms with Gasteiger partial charge >= 0.3 is 5.97 Å². The number of hydrogen-bond acceptors (Lipinski definition) is 4. The van der Waals surface area contributed by atoms with Gasteiger partial charge in [0.25, 0.3) is 5.91 Å². The number of carboxylic acids is 1. The van der Waals surface area contributed by atoms with E-state index in [-0.39, 0.29) is 19.1 Å². The lowest BCUT2D eigenvalue weighted by Crippen LogP contribution is -2.52. The second-order valence-electron chi connectivity index (χ2n) is 5.62. The van der Waals surface area contributed by atoms with Crippen LogP contribution in [0.15, 0.2) is 42.6 Å². The summed E-state index contributed by atoms with van der Waals surface area (Å²) >= 11 is 0. The van der Waals surface area contributed by atoms with Crippen LogP contribution in [0.3, 0.4) is 0 Å². The smallest absolute Gasteiger partial charge is 0.328 e. The highest BCUT2D eigenvalue weighted by Gasteiger charge is 2.33. The van der Waals surface area contributed by atoms with Crippen molar-refractivity contribution in [2.45, 2.75) is 13.0 Å². The molecule has 1 atom stereocenters. The molecule has 1 aromatic heterocycles. The third-order valence-electron chi connectivity index (χ3n) is 4.18. The van der Waals surface area contributed by atoms with E-state index < -0.39 is 12.0 Å². The fourth-order valence-electron chi connectivity index (χ4n) is 2.87. The number of carbonyl (C=O) groups excluding carboxylic acids is 1. The second kappa shape index (κ2) is 6.80. The molecule has 0 bridgehead atoms. The molecule has 6 nitrogen and oxygen atoms in total. The Hall–Kier alpha value is -2.73. The van der Waals surface area contributed by atoms with E-state index in [1.54, 1.807) is 18.3 Å². The summed E-state index contributed by atoms with van der Waals surface area (Å²) in [5.74, 6) is -1.34. The summed E-state index contributed by atoms with van der Waals surface area (Å²) in [5.41, 5.74) is 2.92. The minimum Gasteiger partial charge on any atom is -0.480 e. The minimum atomic E-state index is -1.05. The quantitative estimate of drug-likeness (QED) is 0.933. The Morgan fingerprint density at radius 3 is 2.79 bits per heavy atom. The SMILES string of the molecule is Cc1c(C(=O)N2CCOCC2C(=O)O)cccc1-c1ccccn1. The van der Waals surface area contributed by atoms with Gasteiger partial charge < -0.3 is 14.7 Å². The van der Waals surface area contributed by atoms with Crippen molar-refractivity contribution in [3.63, 3.8) is 0 Å². The van der Waals surface area contributed by atoms with Gasteiger partial charge in [0.05, 0.1) is 18.9 Å². The van der Waals surface area contributed by atoms with Gasteiger partial charge in [-0.25, -0.2) is 4.79 Å². The predicted molar refractivity (Wildman–Crippen MR) is 87.7 cm³/mol. The molecule has 6 heteroatoms. The maximum absolute atomic E-state index is 12.9. The van der Waals surface area contributed by atoms with Crippen LogP contribution in [0.4, 0.5) is 0 Å². The first-order chi connectivity index (χ1) is 11.6. The third-order valence-corrected chi connectivity index (χ3v) is 4.18. The zero-order valence-corrected chi connectivity index (χ0v) is 13.3. The summed E-state index contributed by atoms with van der Waals surface area (Å²) < 4.78 is 5.20. The van der Waals surface area contributed by atoms with Crippen molar-refractivity contribution in [3.05, 3.63) is 53.7 Å². The highest BCUT2D eigenvalue weighted by atomic mass is 16.5. The van der Waals surface area contributed by atoms with E-state index in [1.807, 2.05) is 31.2 Å². The molecular formula is C18H18N2O4. The maximum Gasteiger partial charge on any atom is 0.328 e. The molecular weight excluding hydrogens is 308 g/mol. The first-order valence-electron chi connectivity index (χ1n) is 7.72. The van der Waals surface area contributed by atoms with E-state index in [4.69, 9.17) is 4.74 Å². The number of amides is 1. The lowest BCUT2D eigenvalue weighted by atomic mass is 9.98. The van der Waals surface area contributed by atoms with Crippen molar-refractivity contribution in [3.8, 4) is 11.3 Å². The van der Waals surface area contributed by atoms with Gasteiger partial charge in [-0.2, -0.15) is 0 Å². The van der Waals surface area contributed by atoms with Crippen LogP contribution in [0.5, 0.6) is 0 Å². The minimum absolute atomic E-state index is 0.0139. The monoisotopic (exact) mass is 326 g/mol. The molecule has 2 heterocycles. The van der Waals surface area contributed by atoms with E-state index in [9.17, 15) is 14.7 Å². The number of rotatable bonds is 3. The van der Waals surface area contributed by atoms with Crippen LogP contribution in [0.25, 0.3) is 11.3 Å². The largest absolute Gasteiger partial charge is 0.480 e. The van der Waals surface area contributed by atoms with Crippen LogP contribution >= 0.6 is 0 Å². The number of carboxylic acid groups (broad SMARTS) is 1. The Labute approximate surface area is 139 Å². The Kier molecular flexibility index (Phi) is 4.57. The van der Waals surface area contributed by atoms with Crippen LogP contribution in [0, 0.1) is 6.92 Å². The molecule has 1 aliphatic rings. The van der Waals surface area contributed by atoms with Crippen molar-refractivity contribution in [1.29, 1.82) is 0 Å². The molecule has 0 aliphatic carbocycles. The second-order valence-corrected chi connectivity index (χ2v) is 5.62. The molecule has 124 valence electrons. The van der Waals surface area contributed by atoms with Gasteiger partial charge in [-0.1, -0.05) is 18.2 Å². The molecule has 1 aliphatic heterocycles. The van der Waals surface area contributed by atoms with E-state index >= 15 is 0 Å². The molecule has 0 saturated carbocycles. The van der Waals surface area contributed by atoms with Crippen molar-refractivity contribution >= 4 is 11.9 Å². The molecule has 24 heavy (non-hydrogen) atoms. The Morgan fingerprint density at radius 1 is 1.25 bits per heavy atom. The standard InChI is InChI=1S/C18H18N2O4/c1-12-13(15-7-2-3-8-19-15)5-4-6-14(12)17(21)20-9-10-24-11-16(20)18(22)23/h2-8,16H,9-11H2,1H3,(H,22,23). The van der Waals surface area contributed by atoms with Crippen molar-refractivity contribution in [1.82, 2.24) is 9.88 Å². The van der Waals surface area contributed by atoms with Gasteiger partial charge in [0, 0.05) is 23.9 Å². The van der Waals surface area contributed by atoms with E-state index in [2.05, 4.69) is 4.98 Å². The summed E-state index contributed by atoms with van der Waals surface area (Å²) in [4.78, 5) is 30.0. The molecule has 1 unspecified atom stereocenters. The molecule has 0 spiro atoms. The highest BCUT2D eigenvalue weighted by molar-refractivity contribution is 5.99. The van der Waals surface area contributed by atoms with Crippen LogP contribution in [0.1, 0.15) is 15.9 Å². The lowest BCUT2D eigenvalue weighted by Gasteiger charge is -2.33. The van der Waals surface area contributed by atoms with Crippen molar-refractivity contribution in [2.75, 3.05) is 19.8 Å². The average Bonchev–Trinajstić information content (AvgIpc) is 2.62. The summed E-state index contributed by atoms with van der Waals surface area (Å²) in [7, 11) is 0. The number of hydrogen-bond donors (Lipinski definition) is 1. The average molecular weight is 326 g/mol. The molecule has 1 saturated heterocycles. The summed E-state index contributed by atoms with van der Waals surface area (Å²) in [6.45, 7) is 2.48. The summed E-state index contributed by atoms with van der Waals surface area (Å²) in [5, 5.41) is 9.32. The van der Waals surface area contributed by atoms with Crippen molar-refractivity contribution in [2.24, 2.45) is 0 Å². The van der Waals surface area contributed by atoms with E-state index in [1.165, 1.54) is 4.90 Å². The highest BCUT2D eigenvalue weighted by Crippen LogP contribution is 2.25. The first kappa shape index (κ1) is 16.1. The Balaban J connectivity index is 1.97. The predicted octanol–water partition coefficient (Wildman–Crippen LogP) is 1.98. The summed E-state index contributed by atoms with van der Waals surface area (Å²) in [6, 6.07) is 10.1. The van der Waals surface area contributed by atoms with Crippen molar-refractivity contribution < 1.29 is 19.4 Å². The first-order valence-corrected chi connectivity index (χ1v) is 7.72. The normalized spacial score (nSPS) is 17.5. The fourth-order valence-corrected chi connectivity index (χ4v) is 2.87. The molecule has 1 aromatic carbocycles. The number of morpholine rings is 1. The number of pyridine rings is 1. The van der Waals surface area contributed by atoms with Crippen LogP contribution in [0.2, 0.25) is 0 Å². The van der Waals surface area contributed by atoms with Crippen LogP contribution < -0.4 is 0 Å². The van der Waals surface area contributed by atoms with E-state index in [0.717, 1.165) is 16.8 Å². The van der Waals surface area contributed by atoms with Gasteiger partial charge in [0.15, 0.2) is 6.04 Å². The molecule has 3 rings (SSSR count). The topological polar surface area (TPSA) is 79.7 Å². The van der Waals surface area contributed by atoms with Gasteiger partial charge in [-0.05, 0) is 30.7 Å². The molecule has 1 amide bonds. The Bertz CT molecular complexity index is 761. The summed E-state index contributed by atoms with van der Waals surface area (Å²) in [6.07, 6.45) is 1.70. The lowest BCUT2D eigenvalue weighted by molar-refractivity contribution is -0.147. The number of aromatic nitrogens is 1. The number of aliphatic carboxylic acids is 1. The zero-order valence-electron chi connectivity index (χ0n) is 13.3. The zero-order chi connectivity index (χ0) is 17.1. The van der Waals surface area contributed by atoms with Gasteiger partial charge in [0.2, 0.25) is 0 Å². The molecule has 1 N–H and O–H groups in total. The third kappa shape index (κ3) is 3.00. The fraction of sp³-hybridized carbons (Fsp3) is 0.278. The molecule has 0 radical (unpaired) electrons. The van der Waals surface area contributed by atoms with Crippen LogP contribution in [-0.2, 0) is 9.53 Å². The molecule has 2 aromatic rings.